The fraction of sp³-hybridized carbons (Fsp3) is 0.667. The highest BCUT2D eigenvalue weighted by atomic mass is 16.5. The van der Waals surface area contributed by atoms with E-state index in [2.05, 4.69) is 43.0 Å². The zero-order valence-electron chi connectivity index (χ0n) is 13.5. The van der Waals surface area contributed by atoms with E-state index in [1.165, 1.54) is 24.0 Å². The van der Waals surface area contributed by atoms with Gasteiger partial charge in [-0.1, -0.05) is 38.1 Å². The Labute approximate surface area is 128 Å². The summed E-state index contributed by atoms with van der Waals surface area (Å²) in [6.07, 6.45) is 2.64. The Morgan fingerprint density at radius 1 is 1.33 bits per heavy atom. The predicted molar refractivity (Wildman–Crippen MR) is 86.4 cm³/mol. The number of nitrogens with two attached hydrogens (primary N) is 1. The van der Waals surface area contributed by atoms with Crippen molar-refractivity contribution in [1.29, 1.82) is 0 Å². The van der Waals surface area contributed by atoms with Crippen LogP contribution < -0.4 is 5.73 Å². The topological polar surface area (TPSA) is 38.5 Å². The molecule has 3 nitrogen and oxygen atoms in total. The maximum atomic E-state index is 6.04. The lowest BCUT2D eigenvalue weighted by atomic mass is 9.70. The lowest BCUT2D eigenvalue weighted by molar-refractivity contribution is -0.0553. The molecular weight excluding hydrogens is 260 g/mol. The molecule has 21 heavy (non-hydrogen) atoms. The molecule has 3 rings (SSSR count). The summed E-state index contributed by atoms with van der Waals surface area (Å²) < 4.78 is 5.82. The minimum atomic E-state index is 0.100. The second-order valence-corrected chi connectivity index (χ2v) is 7.29. The van der Waals surface area contributed by atoms with E-state index in [1.807, 2.05) is 6.92 Å². The Morgan fingerprint density at radius 2 is 2.10 bits per heavy atom. The largest absolute Gasteiger partial charge is 0.374 e. The van der Waals surface area contributed by atoms with Crippen LogP contribution in [0.4, 0.5) is 0 Å². The highest BCUT2D eigenvalue weighted by molar-refractivity contribution is 5.38. The molecule has 0 spiro atoms. The molecule has 1 heterocycles. The maximum Gasteiger partial charge on any atom is 0.0850 e. The summed E-state index contributed by atoms with van der Waals surface area (Å²) in [5, 5.41) is 0. The van der Waals surface area contributed by atoms with Crippen molar-refractivity contribution in [3.05, 3.63) is 35.4 Å². The van der Waals surface area contributed by atoms with Gasteiger partial charge in [-0.25, -0.2) is 0 Å². The van der Waals surface area contributed by atoms with Crippen LogP contribution in [0.25, 0.3) is 0 Å². The van der Waals surface area contributed by atoms with Gasteiger partial charge >= 0.3 is 0 Å². The van der Waals surface area contributed by atoms with Gasteiger partial charge in [-0.15, -0.1) is 0 Å². The summed E-state index contributed by atoms with van der Waals surface area (Å²) in [5.74, 6) is 0. The molecule has 3 heteroatoms. The quantitative estimate of drug-likeness (QED) is 0.909. The molecule has 0 aromatic heterocycles. The molecule has 2 N–H and O–H groups in total. The molecule has 1 saturated heterocycles. The van der Waals surface area contributed by atoms with E-state index >= 15 is 0 Å². The molecule has 0 radical (unpaired) electrons. The molecule has 3 atom stereocenters. The average Bonchev–Trinajstić information content (AvgIpc) is 2.47. The van der Waals surface area contributed by atoms with Gasteiger partial charge in [0.2, 0.25) is 0 Å². The third-order valence-electron chi connectivity index (χ3n) is 5.24. The Balaban J connectivity index is 1.86. The fourth-order valence-electron chi connectivity index (χ4n) is 3.87. The van der Waals surface area contributed by atoms with E-state index in [0.717, 1.165) is 19.7 Å². The highest BCUT2D eigenvalue weighted by Crippen LogP contribution is 2.44. The van der Waals surface area contributed by atoms with Crippen LogP contribution in [-0.2, 0) is 10.2 Å². The minimum absolute atomic E-state index is 0.100. The van der Waals surface area contributed by atoms with Gasteiger partial charge in [0.15, 0.2) is 0 Å². The van der Waals surface area contributed by atoms with Gasteiger partial charge in [0, 0.05) is 25.2 Å². The lowest BCUT2D eigenvalue weighted by Gasteiger charge is -2.45. The van der Waals surface area contributed by atoms with Gasteiger partial charge < -0.3 is 10.5 Å². The fourth-order valence-corrected chi connectivity index (χ4v) is 3.87. The monoisotopic (exact) mass is 288 g/mol. The van der Waals surface area contributed by atoms with Gasteiger partial charge in [-0.3, -0.25) is 4.90 Å². The highest BCUT2D eigenvalue weighted by Gasteiger charge is 2.37. The van der Waals surface area contributed by atoms with Crippen LogP contribution in [0.1, 0.15) is 50.8 Å². The Kier molecular flexibility index (Phi) is 4.08. The van der Waals surface area contributed by atoms with Crippen LogP contribution >= 0.6 is 0 Å². The average molecular weight is 288 g/mol. The van der Waals surface area contributed by atoms with Crippen LogP contribution in [0.3, 0.4) is 0 Å². The van der Waals surface area contributed by atoms with Crippen molar-refractivity contribution >= 4 is 0 Å². The van der Waals surface area contributed by atoms with Crippen LogP contribution in [0, 0.1) is 0 Å². The Hall–Kier alpha value is -0.900. The van der Waals surface area contributed by atoms with Crippen molar-refractivity contribution in [2.45, 2.75) is 57.2 Å². The second-order valence-electron chi connectivity index (χ2n) is 7.29. The smallest absolute Gasteiger partial charge is 0.0850 e. The van der Waals surface area contributed by atoms with Crippen LogP contribution in [0.15, 0.2) is 24.3 Å². The van der Waals surface area contributed by atoms with Gasteiger partial charge in [-0.2, -0.15) is 0 Å². The molecule has 1 aromatic carbocycles. The number of benzene rings is 1. The molecule has 116 valence electrons. The Morgan fingerprint density at radius 3 is 2.86 bits per heavy atom. The molecule has 2 aliphatic rings. The molecule has 0 amide bonds. The number of nitrogens with zero attached hydrogens (tertiary/aromatic N) is 1. The van der Waals surface area contributed by atoms with Gasteiger partial charge in [0.05, 0.1) is 12.7 Å². The second kappa shape index (κ2) is 5.71. The third-order valence-corrected chi connectivity index (χ3v) is 5.24. The molecule has 1 fully saturated rings. The van der Waals surface area contributed by atoms with Gasteiger partial charge in [-0.05, 0) is 36.3 Å². The number of ether oxygens (including phenoxy) is 1. The summed E-state index contributed by atoms with van der Waals surface area (Å²) >= 11 is 0. The molecule has 0 saturated carbocycles. The standard InChI is InChI=1S/C18H28N2O/c1-13(19)17-12-20(10-11-21-17)16-8-9-18(2,3)15-7-5-4-6-14(15)16/h4-7,13,16-17H,8-12,19H2,1-3H3. The molecule has 1 aliphatic heterocycles. The van der Waals surface area contributed by atoms with E-state index < -0.39 is 0 Å². The number of rotatable bonds is 2. The van der Waals surface area contributed by atoms with Crippen molar-refractivity contribution in [2.24, 2.45) is 5.73 Å². The molecule has 0 bridgehead atoms. The normalized spacial score (nSPS) is 30.7. The van der Waals surface area contributed by atoms with Crippen LogP contribution in [0.5, 0.6) is 0 Å². The van der Waals surface area contributed by atoms with E-state index in [0.29, 0.717) is 11.5 Å². The predicted octanol–water partition coefficient (Wildman–Crippen LogP) is 2.85. The van der Waals surface area contributed by atoms with E-state index in [1.54, 1.807) is 0 Å². The zero-order chi connectivity index (χ0) is 15.0. The van der Waals surface area contributed by atoms with E-state index in [4.69, 9.17) is 10.5 Å². The molecular formula is C18H28N2O. The van der Waals surface area contributed by atoms with Crippen molar-refractivity contribution < 1.29 is 4.74 Å². The summed E-state index contributed by atoms with van der Waals surface area (Å²) in [4.78, 5) is 2.59. The third kappa shape index (κ3) is 2.87. The van der Waals surface area contributed by atoms with Crippen molar-refractivity contribution in [3.63, 3.8) is 0 Å². The lowest BCUT2D eigenvalue weighted by Crippen LogP contribution is -2.51. The summed E-state index contributed by atoms with van der Waals surface area (Å²) in [6.45, 7) is 9.55. The molecule has 1 aromatic rings. The van der Waals surface area contributed by atoms with Gasteiger partial charge in [0.1, 0.15) is 0 Å². The summed E-state index contributed by atoms with van der Waals surface area (Å²) in [7, 11) is 0. The molecule has 3 unspecified atom stereocenters. The first kappa shape index (κ1) is 15.0. The van der Waals surface area contributed by atoms with E-state index in [-0.39, 0.29) is 12.1 Å². The minimum Gasteiger partial charge on any atom is -0.374 e. The van der Waals surface area contributed by atoms with Crippen molar-refractivity contribution in [1.82, 2.24) is 4.90 Å². The first-order valence-electron chi connectivity index (χ1n) is 8.20. The summed E-state index contributed by atoms with van der Waals surface area (Å²) in [5.41, 5.74) is 9.37. The maximum absolute atomic E-state index is 6.04. The first-order valence-corrected chi connectivity index (χ1v) is 8.20. The van der Waals surface area contributed by atoms with Crippen molar-refractivity contribution in [2.75, 3.05) is 19.7 Å². The summed E-state index contributed by atoms with van der Waals surface area (Å²) in [6, 6.07) is 9.61. The number of hydrogen-bond donors (Lipinski definition) is 1. The Bertz CT molecular complexity index is 498. The van der Waals surface area contributed by atoms with Crippen LogP contribution in [-0.4, -0.2) is 36.7 Å². The number of hydrogen-bond acceptors (Lipinski definition) is 3. The van der Waals surface area contributed by atoms with Crippen LogP contribution in [0.2, 0.25) is 0 Å². The number of fused-ring (bicyclic) bond motifs is 1. The number of morpholine rings is 1. The van der Waals surface area contributed by atoms with Crippen molar-refractivity contribution in [3.8, 4) is 0 Å². The first-order chi connectivity index (χ1) is 9.99. The zero-order valence-corrected chi connectivity index (χ0v) is 13.5. The molecule has 1 aliphatic carbocycles. The SMILES string of the molecule is CC(N)C1CN(C2CCC(C)(C)c3ccccc32)CCO1. The van der Waals surface area contributed by atoms with Gasteiger partial charge in [0.25, 0.3) is 0 Å². The van der Waals surface area contributed by atoms with E-state index in [9.17, 15) is 0 Å².